The van der Waals surface area contributed by atoms with Gasteiger partial charge >= 0.3 is 11.9 Å². The topological polar surface area (TPSA) is 142 Å². The second-order valence-electron chi connectivity index (χ2n) is 6.34. The Hall–Kier alpha value is -2.65. The number of hydrogen-bond acceptors (Lipinski definition) is 6. The number of unbranched alkanes of at least 4 members (excludes halogenated alkanes) is 2. The summed E-state index contributed by atoms with van der Waals surface area (Å²) in [5.41, 5.74) is 5.79. The van der Waals surface area contributed by atoms with Crippen LogP contribution >= 0.6 is 0 Å². The third-order valence-electron chi connectivity index (χ3n) is 4.32. The van der Waals surface area contributed by atoms with Gasteiger partial charge in [-0.3, -0.25) is 24.6 Å². The number of ether oxygens (including phenoxy) is 1. The highest BCUT2D eigenvalue weighted by Crippen LogP contribution is 2.31. The van der Waals surface area contributed by atoms with E-state index in [1.165, 1.54) is 0 Å². The first-order valence-corrected chi connectivity index (χ1v) is 8.88. The molecule has 9 nitrogen and oxygen atoms in total. The lowest BCUT2D eigenvalue weighted by atomic mass is 10.1. The molecule has 1 aromatic rings. The van der Waals surface area contributed by atoms with Gasteiger partial charge in [0, 0.05) is 0 Å². The van der Waals surface area contributed by atoms with E-state index in [1.54, 1.807) is 24.3 Å². The molecule has 0 spiro atoms. The predicted octanol–water partition coefficient (Wildman–Crippen LogP) is 0.427. The van der Waals surface area contributed by atoms with Gasteiger partial charge in [-0.15, -0.1) is 0 Å². The smallest absolute Gasteiger partial charge is 0.323 e. The lowest BCUT2D eigenvalue weighted by molar-refractivity contribution is -0.141. The molecule has 2 atom stereocenters. The fraction of sp³-hybridized carbons (Fsp3) is 0.500. The normalized spacial score (nSPS) is 17.6. The van der Waals surface area contributed by atoms with Crippen LogP contribution in [0.5, 0.6) is 5.75 Å². The van der Waals surface area contributed by atoms with Crippen molar-refractivity contribution < 1.29 is 29.3 Å². The third kappa shape index (κ3) is 5.66. The van der Waals surface area contributed by atoms with Crippen LogP contribution in [0.1, 0.15) is 25.7 Å². The maximum atomic E-state index is 12.9. The molecule has 0 saturated carbocycles. The molecule has 27 heavy (non-hydrogen) atoms. The number of carbonyl (C=O) groups is 3. The summed E-state index contributed by atoms with van der Waals surface area (Å²) < 4.78 is 5.64. The zero-order valence-electron chi connectivity index (χ0n) is 15.0. The number of aliphatic carboxylic acids is 2. The van der Waals surface area contributed by atoms with E-state index in [2.05, 4.69) is 5.32 Å². The van der Waals surface area contributed by atoms with Crippen molar-refractivity contribution in [2.24, 2.45) is 5.73 Å². The summed E-state index contributed by atoms with van der Waals surface area (Å²) in [5.74, 6) is -2.39. The van der Waals surface area contributed by atoms with E-state index in [0.29, 0.717) is 30.8 Å². The lowest BCUT2D eigenvalue weighted by Crippen LogP contribution is -2.54. The van der Waals surface area contributed by atoms with E-state index >= 15 is 0 Å². The highest BCUT2D eigenvalue weighted by Gasteiger charge is 2.35. The van der Waals surface area contributed by atoms with Crippen molar-refractivity contribution >= 4 is 23.5 Å². The van der Waals surface area contributed by atoms with Crippen LogP contribution in [0.25, 0.3) is 0 Å². The maximum absolute atomic E-state index is 12.9. The van der Waals surface area contributed by atoms with E-state index < -0.39 is 36.5 Å². The van der Waals surface area contributed by atoms with Gasteiger partial charge in [-0.2, -0.15) is 0 Å². The van der Waals surface area contributed by atoms with Crippen LogP contribution in [0, 0.1) is 0 Å². The molecule has 1 aromatic carbocycles. The van der Waals surface area contributed by atoms with Crippen LogP contribution in [-0.2, 0) is 14.4 Å². The molecule has 0 aromatic heterocycles. The molecule has 2 rings (SSSR count). The zero-order valence-corrected chi connectivity index (χ0v) is 15.0. The van der Waals surface area contributed by atoms with Crippen molar-refractivity contribution in [2.75, 3.05) is 24.6 Å². The summed E-state index contributed by atoms with van der Waals surface area (Å²) in [5, 5.41) is 21.4. The number of rotatable bonds is 10. The van der Waals surface area contributed by atoms with Crippen molar-refractivity contribution in [3.8, 4) is 5.75 Å². The minimum atomic E-state index is -1.17. The van der Waals surface area contributed by atoms with E-state index in [4.69, 9.17) is 15.6 Å². The number of para-hydroxylation sites is 2. The number of nitrogens with one attached hydrogen (secondary N) is 1. The highest BCUT2D eigenvalue weighted by atomic mass is 16.5. The quantitative estimate of drug-likeness (QED) is 0.429. The summed E-state index contributed by atoms with van der Waals surface area (Å²) >= 11 is 0. The third-order valence-corrected chi connectivity index (χ3v) is 4.32. The Morgan fingerprint density at radius 1 is 1.26 bits per heavy atom. The average Bonchev–Trinajstić information content (AvgIpc) is 2.75. The molecule has 0 radical (unpaired) electrons. The van der Waals surface area contributed by atoms with Crippen molar-refractivity contribution in [3.05, 3.63) is 24.3 Å². The molecule has 1 heterocycles. The fourth-order valence-corrected chi connectivity index (χ4v) is 2.96. The van der Waals surface area contributed by atoms with Crippen LogP contribution in [0.15, 0.2) is 24.3 Å². The molecule has 0 bridgehead atoms. The highest BCUT2D eigenvalue weighted by molar-refractivity contribution is 6.02. The van der Waals surface area contributed by atoms with Crippen LogP contribution in [0.2, 0.25) is 0 Å². The van der Waals surface area contributed by atoms with Gasteiger partial charge in [0.2, 0.25) is 5.91 Å². The number of carboxylic acids is 2. The number of fused-ring (bicyclic) bond motifs is 1. The number of hydrogen-bond donors (Lipinski definition) is 4. The second kappa shape index (κ2) is 9.89. The lowest BCUT2D eigenvalue weighted by Gasteiger charge is -2.25. The monoisotopic (exact) mass is 379 g/mol. The summed E-state index contributed by atoms with van der Waals surface area (Å²) in [6, 6.07) is 4.73. The molecular weight excluding hydrogens is 354 g/mol. The number of carbonyl (C=O) groups excluding carboxylic acids is 1. The van der Waals surface area contributed by atoms with E-state index in [-0.39, 0.29) is 6.61 Å². The van der Waals surface area contributed by atoms with Crippen LogP contribution in [0.4, 0.5) is 5.69 Å². The Labute approximate surface area is 157 Å². The summed E-state index contributed by atoms with van der Waals surface area (Å²) in [4.78, 5) is 36.8. The van der Waals surface area contributed by atoms with Crippen molar-refractivity contribution in [1.82, 2.24) is 5.32 Å². The van der Waals surface area contributed by atoms with Crippen molar-refractivity contribution in [2.45, 2.75) is 37.8 Å². The Balaban J connectivity index is 2.15. The van der Waals surface area contributed by atoms with Crippen molar-refractivity contribution in [3.63, 3.8) is 0 Å². The van der Waals surface area contributed by atoms with Gasteiger partial charge in [-0.05, 0) is 31.5 Å². The first-order valence-electron chi connectivity index (χ1n) is 8.88. The Bertz CT molecular complexity index is 681. The van der Waals surface area contributed by atoms with Gasteiger partial charge in [0.25, 0.3) is 0 Å². The van der Waals surface area contributed by atoms with Crippen LogP contribution in [0.3, 0.4) is 0 Å². The molecule has 0 fully saturated rings. The van der Waals surface area contributed by atoms with Gasteiger partial charge in [0.1, 0.15) is 31.0 Å². The minimum Gasteiger partial charge on any atom is -0.489 e. The molecule has 1 aliphatic rings. The van der Waals surface area contributed by atoms with Crippen molar-refractivity contribution in [1.29, 1.82) is 0 Å². The molecule has 9 heteroatoms. The largest absolute Gasteiger partial charge is 0.489 e. The number of carboxylic acid groups (broad SMARTS) is 2. The summed E-state index contributed by atoms with van der Waals surface area (Å²) in [6.07, 6.45) is 2.60. The van der Waals surface area contributed by atoms with Gasteiger partial charge in [-0.25, -0.2) is 0 Å². The SMILES string of the molecule is NCCCCCC(N[C@H]1COc2ccccc2N(CC(=O)O)C1=O)C(=O)O. The second-order valence-corrected chi connectivity index (χ2v) is 6.34. The first-order chi connectivity index (χ1) is 12.9. The van der Waals surface area contributed by atoms with Gasteiger partial charge in [0.05, 0.1) is 5.69 Å². The number of nitrogens with zero attached hydrogens (tertiary/aromatic N) is 1. The standard InChI is InChI=1S/C18H25N3O6/c19-9-5-1-2-6-12(18(25)26)20-13-11-27-15-8-4-3-7-14(15)21(17(13)24)10-16(22)23/h3-4,7-8,12-13,20H,1-2,5-6,9-11,19H2,(H,22,23)(H,25,26)/t12?,13-/m0/s1. The molecule has 1 unspecified atom stereocenters. The van der Waals surface area contributed by atoms with Gasteiger partial charge in [0.15, 0.2) is 0 Å². The molecule has 0 saturated heterocycles. The number of benzene rings is 1. The van der Waals surface area contributed by atoms with E-state index in [0.717, 1.165) is 17.7 Å². The molecule has 1 aliphatic heterocycles. The van der Waals surface area contributed by atoms with E-state index in [9.17, 15) is 19.5 Å². The fourth-order valence-electron chi connectivity index (χ4n) is 2.96. The molecule has 1 amide bonds. The zero-order chi connectivity index (χ0) is 19.8. The molecule has 0 aliphatic carbocycles. The summed E-state index contributed by atoms with van der Waals surface area (Å²) in [6.45, 7) is -0.0767. The minimum absolute atomic E-state index is 0.0848. The number of amides is 1. The maximum Gasteiger partial charge on any atom is 0.323 e. The average molecular weight is 379 g/mol. The molecular formula is C18H25N3O6. The molecule has 5 N–H and O–H groups in total. The number of anilines is 1. The first kappa shape index (κ1) is 20.7. The number of nitrogens with two attached hydrogens (primary N) is 1. The Kier molecular flexibility index (Phi) is 7.56. The predicted molar refractivity (Wildman–Crippen MR) is 97.8 cm³/mol. The van der Waals surface area contributed by atoms with Crippen LogP contribution in [-0.4, -0.2) is 59.8 Å². The Morgan fingerprint density at radius 2 is 2.00 bits per heavy atom. The summed E-state index contributed by atoms with van der Waals surface area (Å²) in [7, 11) is 0. The van der Waals surface area contributed by atoms with Gasteiger partial charge < -0.3 is 20.7 Å². The Morgan fingerprint density at radius 3 is 2.67 bits per heavy atom. The van der Waals surface area contributed by atoms with Gasteiger partial charge in [-0.1, -0.05) is 25.0 Å². The molecule has 148 valence electrons. The van der Waals surface area contributed by atoms with E-state index in [1.807, 2.05) is 0 Å². The van der Waals surface area contributed by atoms with Crippen LogP contribution < -0.4 is 20.7 Å².